The number of aryl methyl sites for hydroxylation is 2. The highest BCUT2D eigenvalue weighted by atomic mass is 16.3. The summed E-state index contributed by atoms with van der Waals surface area (Å²) in [6.07, 6.45) is 1.69. The molecule has 3 rings (SSSR count). The van der Waals surface area contributed by atoms with Gasteiger partial charge in [-0.2, -0.15) is 0 Å². The first kappa shape index (κ1) is 18.1. The summed E-state index contributed by atoms with van der Waals surface area (Å²) in [6.45, 7) is 9.12. The van der Waals surface area contributed by atoms with Gasteiger partial charge in [0, 0.05) is 32.7 Å². The molecular weight excluding hydrogens is 308 g/mol. The third-order valence-corrected chi connectivity index (χ3v) is 5.33. The number of nitrogens with one attached hydrogen (secondary N) is 1. The van der Waals surface area contributed by atoms with E-state index in [1.54, 1.807) is 0 Å². The fourth-order valence-corrected chi connectivity index (χ4v) is 3.65. The number of likely N-dealkylation sites (tertiary alicyclic amines) is 1. The normalized spacial score (nSPS) is 16.3. The Morgan fingerprint density at radius 3 is 2.24 bits per heavy atom. The highest BCUT2D eigenvalue weighted by molar-refractivity contribution is 5.33. The lowest BCUT2D eigenvalue weighted by Gasteiger charge is -2.30. The molecule has 0 spiro atoms. The smallest absolute Gasteiger partial charge is 0.0564 e. The van der Waals surface area contributed by atoms with Crippen molar-refractivity contribution in [3.8, 4) is 0 Å². The Labute approximate surface area is 151 Å². The molecule has 3 heteroatoms. The van der Waals surface area contributed by atoms with Gasteiger partial charge < -0.3 is 10.4 Å². The topological polar surface area (TPSA) is 35.5 Å². The van der Waals surface area contributed by atoms with Crippen molar-refractivity contribution < 1.29 is 5.11 Å². The molecule has 1 aliphatic heterocycles. The van der Waals surface area contributed by atoms with Crippen LogP contribution in [0.25, 0.3) is 0 Å². The van der Waals surface area contributed by atoms with Crippen LogP contribution >= 0.6 is 0 Å². The van der Waals surface area contributed by atoms with E-state index in [1.807, 2.05) is 0 Å². The van der Waals surface area contributed by atoms with Crippen molar-refractivity contribution in [1.82, 2.24) is 10.2 Å². The number of piperidine rings is 1. The predicted octanol–water partition coefficient (Wildman–Crippen LogP) is 3.55. The molecule has 0 atom stereocenters. The summed E-state index contributed by atoms with van der Waals surface area (Å²) in [4.78, 5) is 2.46. The van der Waals surface area contributed by atoms with E-state index >= 15 is 0 Å². The molecule has 1 heterocycles. The Morgan fingerprint density at radius 2 is 1.56 bits per heavy atom. The molecule has 0 saturated carbocycles. The SMILES string of the molecule is Cc1cccc(C)c1CNCc1ccccc1CN1CCC(O)CC1. The summed E-state index contributed by atoms with van der Waals surface area (Å²) in [5.74, 6) is 0. The van der Waals surface area contributed by atoms with Gasteiger partial charge in [0.25, 0.3) is 0 Å². The highest BCUT2D eigenvalue weighted by Crippen LogP contribution is 2.17. The number of benzene rings is 2. The predicted molar refractivity (Wildman–Crippen MR) is 103 cm³/mol. The zero-order valence-electron chi connectivity index (χ0n) is 15.5. The van der Waals surface area contributed by atoms with E-state index in [2.05, 4.69) is 66.5 Å². The summed E-state index contributed by atoms with van der Waals surface area (Å²) >= 11 is 0. The first-order valence-electron chi connectivity index (χ1n) is 9.36. The maximum Gasteiger partial charge on any atom is 0.0564 e. The van der Waals surface area contributed by atoms with Gasteiger partial charge in [-0.15, -0.1) is 0 Å². The number of hydrogen-bond donors (Lipinski definition) is 2. The molecule has 0 unspecified atom stereocenters. The van der Waals surface area contributed by atoms with Gasteiger partial charge in [-0.25, -0.2) is 0 Å². The molecule has 25 heavy (non-hydrogen) atoms. The molecule has 0 aliphatic carbocycles. The largest absolute Gasteiger partial charge is 0.393 e. The molecule has 3 nitrogen and oxygen atoms in total. The minimum Gasteiger partial charge on any atom is -0.393 e. The second kappa shape index (κ2) is 8.61. The van der Waals surface area contributed by atoms with Crippen LogP contribution in [0.5, 0.6) is 0 Å². The highest BCUT2D eigenvalue weighted by Gasteiger charge is 2.17. The van der Waals surface area contributed by atoms with Crippen LogP contribution in [0.3, 0.4) is 0 Å². The Bertz CT molecular complexity index is 670. The summed E-state index contributed by atoms with van der Waals surface area (Å²) in [6, 6.07) is 15.2. The fraction of sp³-hybridized carbons (Fsp3) is 0.455. The van der Waals surface area contributed by atoms with Crippen molar-refractivity contribution in [1.29, 1.82) is 0 Å². The molecular formula is C22H30N2O. The van der Waals surface area contributed by atoms with Gasteiger partial charge in [0.05, 0.1) is 6.10 Å². The minimum atomic E-state index is -0.106. The summed E-state index contributed by atoms with van der Waals surface area (Å²) in [5.41, 5.74) is 6.89. The van der Waals surface area contributed by atoms with Gasteiger partial charge in [-0.05, 0) is 54.5 Å². The van der Waals surface area contributed by atoms with E-state index in [-0.39, 0.29) is 6.10 Å². The maximum atomic E-state index is 9.68. The average molecular weight is 338 g/mol. The lowest BCUT2D eigenvalue weighted by Crippen LogP contribution is -2.35. The van der Waals surface area contributed by atoms with Crippen molar-refractivity contribution in [2.75, 3.05) is 13.1 Å². The standard InChI is InChI=1S/C22H30N2O/c1-17-6-5-7-18(2)22(17)15-23-14-19-8-3-4-9-20(19)16-24-12-10-21(25)11-13-24/h3-9,21,23,25H,10-16H2,1-2H3. The molecule has 134 valence electrons. The zero-order chi connectivity index (χ0) is 17.6. The van der Waals surface area contributed by atoms with Crippen molar-refractivity contribution in [2.24, 2.45) is 0 Å². The van der Waals surface area contributed by atoms with E-state index in [0.29, 0.717) is 0 Å². The quantitative estimate of drug-likeness (QED) is 0.845. The lowest BCUT2D eigenvalue weighted by molar-refractivity contribution is 0.0791. The first-order valence-corrected chi connectivity index (χ1v) is 9.36. The molecule has 0 bridgehead atoms. The summed E-state index contributed by atoms with van der Waals surface area (Å²) in [7, 11) is 0. The summed E-state index contributed by atoms with van der Waals surface area (Å²) < 4.78 is 0. The first-order chi connectivity index (χ1) is 12.1. The lowest BCUT2D eigenvalue weighted by atomic mass is 10.0. The van der Waals surface area contributed by atoms with Gasteiger partial charge in [-0.1, -0.05) is 42.5 Å². The monoisotopic (exact) mass is 338 g/mol. The van der Waals surface area contributed by atoms with Gasteiger partial charge >= 0.3 is 0 Å². The van der Waals surface area contributed by atoms with E-state index in [4.69, 9.17) is 0 Å². The van der Waals surface area contributed by atoms with Gasteiger partial charge in [-0.3, -0.25) is 4.90 Å². The third-order valence-electron chi connectivity index (χ3n) is 5.33. The molecule has 0 aromatic heterocycles. The van der Waals surface area contributed by atoms with E-state index in [0.717, 1.165) is 45.6 Å². The molecule has 2 aromatic rings. The van der Waals surface area contributed by atoms with Crippen LogP contribution < -0.4 is 5.32 Å². The van der Waals surface area contributed by atoms with Crippen molar-refractivity contribution in [2.45, 2.75) is 52.4 Å². The molecule has 1 fully saturated rings. The second-order valence-electron chi connectivity index (χ2n) is 7.25. The van der Waals surface area contributed by atoms with Crippen LogP contribution in [0.2, 0.25) is 0 Å². The van der Waals surface area contributed by atoms with Crippen molar-refractivity contribution in [3.05, 3.63) is 70.3 Å². The van der Waals surface area contributed by atoms with Gasteiger partial charge in [0.2, 0.25) is 0 Å². The maximum absolute atomic E-state index is 9.68. The number of aliphatic hydroxyl groups is 1. The van der Waals surface area contributed by atoms with Crippen LogP contribution in [-0.2, 0) is 19.6 Å². The average Bonchev–Trinajstić information content (AvgIpc) is 2.61. The van der Waals surface area contributed by atoms with Gasteiger partial charge in [0.1, 0.15) is 0 Å². The van der Waals surface area contributed by atoms with E-state index < -0.39 is 0 Å². The fourth-order valence-electron chi connectivity index (χ4n) is 3.65. The van der Waals surface area contributed by atoms with Crippen LogP contribution in [0.4, 0.5) is 0 Å². The van der Waals surface area contributed by atoms with Crippen LogP contribution in [0.1, 0.15) is 40.7 Å². The third kappa shape index (κ3) is 4.91. The second-order valence-corrected chi connectivity index (χ2v) is 7.25. The van der Waals surface area contributed by atoms with Crippen molar-refractivity contribution >= 4 is 0 Å². The van der Waals surface area contributed by atoms with Gasteiger partial charge in [0.15, 0.2) is 0 Å². The summed E-state index contributed by atoms with van der Waals surface area (Å²) in [5, 5.41) is 13.3. The van der Waals surface area contributed by atoms with Crippen LogP contribution in [-0.4, -0.2) is 29.2 Å². The number of aliphatic hydroxyl groups excluding tert-OH is 1. The molecule has 1 saturated heterocycles. The molecule has 1 aliphatic rings. The zero-order valence-corrected chi connectivity index (χ0v) is 15.5. The minimum absolute atomic E-state index is 0.106. The number of rotatable bonds is 6. The number of nitrogens with zero attached hydrogens (tertiary/aromatic N) is 1. The number of hydrogen-bond acceptors (Lipinski definition) is 3. The van der Waals surface area contributed by atoms with Crippen molar-refractivity contribution in [3.63, 3.8) is 0 Å². The Morgan fingerprint density at radius 1 is 0.920 bits per heavy atom. The Hall–Kier alpha value is -1.68. The molecule has 2 N–H and O–H groups in total. The Balaban J connectivity index is 1.59. The van der Waals surface area contributed by atoms with Crippen LogP contribution in [0.15, 0.2) is 42.5 Å². The van der Waals surface area contributed by atoms with Crippen LogP contribution in [0, 0.1) is 13.8 Å². The molecule has 2 aromatic carbocycles. The Kier molecular flexibility index (Phi) is 6.24. The molecule has 0 radical (unpaired) electrons. The molecule has 0 amide bonds. The van der Waals surface area contributed by atoms with E-state index in [9.17, 15) is 5.11 Å². The van der Waals surface area contributed by atoms with E-state index in [1.165, 1.54) is 27.8 Å².